The molecule has 2 heterocycles. The zero-order valence-electron chi connectivity index (χ0n) is 19.3. The fraction of sp³-hybridized carbons (Fsp3) is 0.111. The molecule has 0 aliphatic carbocycles. The van der Waals surface area contributed by atoms with Crippen LogP contribution in [0.4, 0.5) is 4.79 Å². The van der Waals surface area contributed by atoms with Crippen LogP contribution in [0.25, 0.3) is 16.9 Å². The smallest absolute Gasteiger partial charge is 0.325 e. The van der Waals surface area contributed by atoms with Gasteiger partial charge in [-0.1, -0.05) is 54.1 Å². The van der Waals surface area contributed by atoms with Gasteiger partial charge in [-0.25, -0.2) is 9.48 Å². The van der Waals surface area contributed by atoms with Crippen molar-refractivity contribution in [1.82, 2.24) is 20.0 Å². The molecule has 0 radical (unpaired) electrons. The Morgan fingerprint density at radius 1 is 1.03 bits per heavy atom. The Hall–Kier alpha value is -4.43. The number of aromatic nitrogens is 2. The van der Waals surface area contributed by atoms with Crippen LogP contribution in [0.1, 0.15) is 28.4 Å². The molecule has 0 bridgehead atoms. The number of imide groups is 1. The van der Waals surface area contributed by atoms with Crippen molar-refractivity contribution in [3.63, 3.8) is 0 Å². The minimum atomic E-state index is -1.35. The predicted octanol–water partition coefficient (Wildman–Crippen LogP) is 4.26. The van der Waals surface area contributed by atoms with Crippen molar-refractivity contribution in [2.24, 2.45) is 5.73 Å². The Bertz CT molecular complexity index is 1480. The zero-order chi connectivity index (χ0) is 25.4. The van der Waals surface area contributed by atoms with Crippen LogP contribution in [0.2, 0.25) is 5.02 Å². The van der Waals surface area contributed by atoms with E-state index in [0.717, 1.165) is 16.2 Å². The molecule has 1 fully saturated rings. The number of halogens is 1. The van der Waals surface area contributed by atoms with Crippen LogP contribution in [0, 0.1) is 0 Å². The molecule has 9 heteroatoms. The summed E-state index contributed by atoms with van der Waals surface area (Å²) in [5, 5.41) is 8.12. The van der Waals surface area contributed by atoms with E-state index in [4.69, 9.17) is 22.4 Å². The number of hydrogen-bond donors (Lipinski definition) is 2. The number of para-hydroxylation sites is 1. The van der Waals surface area contributed by atoms with Crippen LogP contribution < -0.4 is 11.1 Å². The summed E-state index contributed by atoms with van der Waals surface area (Å²) in [6.07, 6.45) is 1.81. The first-order chi connectivity index (χ1) is 17.3. The van der Waals surface area contributed by atoms with Gasteiger partial charge < -0.3 is 11.1 Å². The Morgan fingerprint density at radius 2 is 1.75 bits per heavy atom. The first-order valence-electron chi connectivity index (χ1n) is 11.2. The quantitative estimate of drug-likeness (QED) is 0.386. The highest BCUT2D eigenvalue weighted by Crippen LogP contribution is 2.32. The molecule has 0 spiro atoms. The van der Waals surface area contributed by atoms with Crippen molar-refractivity contribution in [2.75, 3.05) is 0 Å². The van der Waals surface area contributed by atoms with Gasteiger partial charge in [0.05, 0.1) is 17.9 Å². The lowest BCUT2D eigenvalue weighted by Gasteiger charge is -2.22. The van der Waals surface area contributed by atoms with Gasteiger partial charge in [0.25, 0.3) is 5.91 Å². The molecule has 0 saturated carbocycles. The molecule has 1 aliphatic rings. The topological polar surface area (TPSA) is 110 Å². The predicted molar refractivity (Wildman–Crippen MR) is 135 cm³/mol. The van der Waals surface area contributed by atoms with Gasteiger partial charge >= 0.3 is 6.03 Å². The normalized spacial score (nSPS) is 17.3. The summed E-state index contributed by atoms with van der Waals surface area (Å²) >= 11 is 6.08. The third kappa shape index (κ3) is 4.12. The molecule has 180 valence electrons. The van der Waals surface area contributed by atoms with E-state index in [-0.39, 0.29) is 12.1 Å². The Balaban J connectivity index is 1.52. The Morgan fingerprint density at radius 3 is 2.44 bits per heavy atom. The zero-order valence-corrected chi connectivity index (χ0v) is 20.1. The highest BCUT2D eigenvalue weighted by molar-refractivity contribution is 6.30. The molecule has 36 heavy (non-hydrogen) atoms. The molecule has 3 N–H and O–H groups in total. The minimum absolute atomic E-state index is 0.000556. The van der Waals surface area contributed by atoms with Crippen molar-refractivity contribution in [2.45, 2.75) is 19.0 Å². The average Bonchev–Trinajstić information content (AvgIpc) is 3.40. The maximum atomic E-state index is 13.6. The maximum absolute atomic E-state index is 13.6. The van der Waals surface area contributed by atoms with E-state index in [2.05, 4.69) is 5.32 Å². The minimum Gasteiger partial charge on any atom is -0.366 e. The summed E-state index contributed by atoms with van der Waals surface area (Å²) in [6, 6.07) is 22.6. The van der Waals surface area contributed by atoms with E-state index in [9.17, 15) is 14.4 Å². The van der Waals surface area contributed by atoms with Crippen LogP contribution in [-0.2, 0) is 16.9 Å². The maximum Gasteiger partial charge on any atom is 0.325 e. The number of carbonyl (C=O) groups is 3. The summed E-state index contributed by atoms with van der Waals surface area (Å²) in [4.78, 5) is 39.4. The molecule has 5 rings (SSSR count). The van der Waals surface area contributed by atoms with Crippen molar-refractivity contribution in [3.8, 4) is 16.9 Å². The third-order valence-electron chi connectivity index (χ3n) is 6.26. The molecular weight excluding hydrogens is 478 g/mol. The summed E-state index contributed by atoms with van der Waals surface area (Å²) in [6.45, 7) is 1.61. The van der Waals surface area contributed by atoms with Gasteiger partial charge in [-0.05, 0) is 48.9 Å². The van der Waals surface area contributed by atoms with Crippen molar-refractivity contribution < 1.29 is 14.4 Å². The molecule has 8 nitrogen and oxygen atoms in total. The van der Waals surface area contributed by atoms with E-state index < -0.39 is 23.4 Å². The van der Waals surface area contributed by atoms with Crippen LogP contribution >= 0.6 is 11.6 Å². The number of hydrogen-bond acceptors (Lipinski definition) is 4. The first-order valence-corrected chi connectivity index (χ1v) is 11.6. The van der Waals surface area contributed by atoms with Crippen LogP contribution in [0.5, 0.6) is 0 Å². The molecule has 1 saturated heterocycles. The first kappa shape index (κ1) is 23.3. The summed E-state index contributed by atoms with van der Waals surface area (Å²) in [5.74, 6) is -1.06. The molecule has 4 amide bonds. The molecule has 4 aromatic rings. The van der Waals surface area contributed by atoms with E-state index in [0.29, 0.717) is 21.8 Å². The number of amides is 4. The van der Waals surface area contributed by atoms with Crippen LogP contribution in [0.15, 0.2) is 85.1 Å². The van der Waals surface area contributed by atoms with Gasteiger partial charge in [0.2, 0.25) is 5.91 Å². The fourth-order valence-corrected chi connectivity index (χ4v) is 4.41. The van der Waals surface area contributed by atoms with E-state index in [1.807, 2.05) is 48.7 Å². The SMILES string of the molecule is CC1(c2cccc(C(N)=O)c2)NC(=O)N(Cc2cn(-c3ccccc3)nc2-c2ccc(Cl)cc2)C1=O. The molecule has 1 unspecified atom stereocenters. The number of nitrogens with one attached hydrogen (secondary N) is 1. The molecule has 1 aromatic heterocycles. The highest BCUT2D eigenvalue weighted by Gasteiger charge is 2.49. The van der Waals surface area contributed by atoms with Gasteiger partial charge in [0, 0.05) is 27.9 Å². The van der Waals surface area contributed by atoms with Crippen molar-refractivity contribution >= 4 is 29.4 Å². The van der Waals surface area contributed by atoms with E-state index >= 15 is 0 Å². The van der Waals surface area contributed by atoms with Gasteiger partial charge in [-0.3, -0.25) is 14.5 Å². The second-order valence-electron chi connectivity index (χ2n) is 8.68. The van der Waals surface area contributed by atoms with E-state index in [1.54, 1.807) is 41.9 Å². The number of rotatable bonds is 6. The van der Waals surface area contributed by atoms with Crippen LogP contribution in [0.3, 0.4) is 0 Å². The average molecular weight is 500 g/mol. The molecule has 1 aliphatic heterocycles. The van der Waals surface area contributed by atoms with Gasteiger partial charge in [0.15, 0.2) is 0 Å². The van der Waals surface area contributed by atoms with Gasteiger partial charge in [-0.15, -0.1) is 0 Å². The number of nitrogens with zero attached hydrogens (tertiary/aromatic N) is 3. The Kier molecular flexibility index (Phi) is 5.81. The summed E-state index contributed by atoms with van der Waals surface area (Å²) in [5.41, 5.74) is 7.72. The number of benzene rings is 3. The summed E-state index contributed by atoms with van der Waals surface area (Å²) in [7, 11) is 0. The number of urea groups is 1. The largest absolute Gasteiger partial charge is 0.366 e. The third-order valence-corrected chi connectivity index (χ3v) is 6.51. The lowest BCUT2D eigenvalue weighted by molar-refractivity contribution is -0.131. The second kappa shape index (κ2) is 8.98. The van der Waals surface area contributed by atoms with Gasteiger partial charge in [0.1, 0.15) is 5.54 Å². The summed E-state index contributed by atoms with van der Waals surface area (Å²) < 4.78 is 1.72. The number of primary amides is 1. The number of carbonyl (C=O) groups excluding carboxylic acids is 3. The fourth-order valence-electron chi connectivity index (χ4n) is 4.28. The van der Waals surface area contributed by atoms with E-state index in [1.165, 1.54) is 6.07 Å². The standard InChI is InChI=1S/C27H22ClN5O3/c1-27(20-7-5-6-18(14-20)24(29)34)25(35)32(26(36)30-27)15-19-16-33(22-8-3-2-4-9-22)31-23(19)17-10-12-21(28)13-11-17/h2-14,16H,15H2,1H3,(H2,29,34)(H,30,36). The van der Waals surface area contributed by atoms with Gasteiger partial charge in [-0.2, -0.15) is 5.10 Å². The van der Waals surface area contributed by atoms with Crippen molar-refractivity contribution in [1.29, 1.82) is 0 Å². The lowest BCUT2D eigenvalue weighted by atomic mass is 9.90. The lowest BCUT2D eigenvalue weighted by Crippen LogP contribution is -2.41. The molecule has 1 atom stereocenters. The number of nitrogens with two attached hydrogens (primary N) is 1. The van der Waals surface area contributed by atoms with Crippen LogP contribution in [-0.4, -0.2) is 32.5 Å². The molecule has 3 aromatic carbocycles. The monoisotopic (exact) mass is 499 g/mol. The molecular formula is C27H22ClN5O3. The highest BCUT2D eigenvalue weighted by atomic mass is 35.5. The second-order valence-corrected chi connectivity index (χ2v) is 9.12. The Labute approximate surface area is 212 Å². The van der Waals surface area contributed by atoms with Crippen molar-refractivity contribution in [3.05, 3.63) is 107 Å².